The molecule has 1 saturated carbocycles. The van der Waals surface area contributed by atoms with E-state index in [1.165, 1.54) is 44.9 Å². The second-order valence-electron chi connectivity index (χ2n) is 7.54. The molecule has 0 unspecified atom stereocenters. The van der Waals surface area contributed by atoms with Crippen LogP contribution in [0.25, 0.3) is 0 Å². The largest absolute Gasteiger partial charge is 0.316 e. The molecule has 1 heterocycles. The normalized spacial score (nSPS) is 26.6. The van der Waals surface area contributed by atoms with Gasteiger partial charge in [0.2, 0.25) is 0 Å². The molecule has 100 valence electrons. The van der Waals surface area contributed by atoms with Crippen molar-refractivity contribution < 1.29 is 0 Å². The predicted molar refractivity (Wildman–Crippen MR) is 78.9 cm³/mol. The lowest BCUT2D eigenvalue weighted by Crippen LogP contribution is -2.62. The predicted octanol–water partition coefficient (Wildman–Crippen LogP) is 4.79. The molecular formula is C15H31NSi. The maximum absolute atomic E-state index is 3.05. The maximum Gasteiger partial charge on any atom is 0.126 e. The van der Waals surface area contributed by atoms with E-state index in [0.717, 1.165) is 6.04 Å². The van der Waals surface area contributed by atoms with Crippen molar-refractivity contribution in [2.24, 2.45) is 0 Å². The van der Waals surface area contributed by atoms with E-state index in [9.17, 15) is 0 Å². The van der Waals surface area contributed by atoms with Crippen LogP contribution in [0.1, 0.15) is 65.7 Å². The van der Waals surface area contributed by atoms with Crippen LogP contribution in [0.4, 0.5) is 0 Å². The minimum absolute atomic E-state index is 0.396. The highest BCUT2D eigenvalue weighted by Gasteiger charge is 2.45. The Labute approximate surface area is 109 Å². The fourth-order valence-corrected chi connectivity index (χ4v) is 10.0. The SMILES string of the molecule is CC(C)(C)N(C1CCCCC1)[Si]1(C)CCCC1. The van der Waals surface area contributed by atoms with Crippen LogP contribution in [0, 0.1) is 0 Å². The second kappa shape index (κ2) is 5.04. The topological polar surface area (TPSA) is 3.24 Å². The molecule has 0 aromatic rings. The summed E-state index contributed by atoms with van der Waals surface area (Å²) in [6.45, 7) is 10.0. The Bertz CT molecular complexity index is 244. The van der Waals surface area contributed by atoms with Gasteiger partial charge in [0.05, 0.1) is 0 Å². The van der Waals surface area contributed by atoms with Gasteiger partial charge in [0.25, 0.3) is 0 Å². The first kappa shape index (κ1) is 13.6. The molecule has 0 aromatic heterocycles. The van der Waals surface area contributed by atoms with Gasteiger partial charge in [-0.2, -0.15) is 0 Å². The van der Waals surface area contributed by atoms with Gasteiger partial charge in [-0.25, -0.2) is 0 Å². The summed E-state index contributed by atoms with van der Waals surface area (Å²) in [6, 6.07) is 4.03. The van der Waals surface area contributed by atoms with Crippen molar-refractivity contribution in [2.45, 2.75) is 95.9 Å². The summed E-state index contributed by atoms with van der Waals surface area (Å²) < 4.78 is 3.05. The zero-order valence-corrected chi connectivity index (χ0v) is 13.4. The van der Waals surface area contributed by atoms with E-state index in [4.69, 9.17) is 0 Å². The minimum atomic E-state index is -1.11. The van der Waals surface area contributed by atoms with Gasteiger partial charge >= 0.3 is 0 Å². The van der Waals surface area contributed by atoms with Crippen LogP contribution in [0.5, 0.6) is 0 Å². The van der Waals surface area contributed by atoms with Gasteiger partial charge in [-0.15, -0.1) is 0 Å². The van der Waals surface area contributed by atoms with Crippen molar-refractivity contribution in [1.82, 2.24) is 4.57 Å². The molecule has 2 aliphatic rings. The summed E-state index contributed by atoms with van der Waals surface area (Å²) in [5.41, 5.74) is 0.396. The van der Waals surface area contributed by atoms with Crippen LogP contribution >= 0.6 is 0 Å². The van der Waals surface area contributed by atoms with Crippen molar-refractivity contribution in [1.29, 1.82) is 0 Å². The highest BCUT2D eigenvalue weighted by atomic mass is 28.3. The van der Waals surface area contributed by atoms with Gasteiger partial charge in [0, 0.05) is 11.6 Å². The summed E-state index contributed by atoms with van der Waals surface area (Å²) >= 11 is 0. The molecular weight excluding hydrogens is 222 g/mol. The maximum atomic E-state index is 3.05. The van der Waals surface area contributed by atoms with Crippen LogP contribution in [0.15, 0.2) is 0 Å². The van der Waals surface area contributed by atoms with E-state index in [-0.39, 0.29) is 0 Å². The molecule has 0 bridgehead atoms. The molecule has 0 aromatic carbocycles. The van der Waals surface area contributed by atoms with E-state index in [1.807, 2.05) is 0 Å². The van der Waals surface area contributed by atoms with E-state index >= 15 is 0 Å². The van der Waals surface area contributed by atoms with Gasteiger partial charge in [0.1, 0.15) is 8.24 Å². The Morgan fingerprint density at radius 3 is 1.88 bits per heavy atom. The van der Waals surface area contributed by atoms with Crippen molar-refractivity contribution in [3.8, 4) is 0 Å². The lowest BCUT2D eigenvalue weighted by Gasteiger charge is -2.52. The van der Waals surface area contributed by atoms with Crippen molar-refractivity contribution in [3.63, 3.8) is 0 Å². The Balaban J connectivity index is 2.18. The smallest absolute Gasteiger partial charge is 0.126 e. The van der Waals surface area contributed by atoms with Crippen LogP contribution in [0.3, 0.4) is 0 Å². The highest BCUT2D eigenvalue weighted by molar-refractivity contribution is 6.76. The third-order valence-corrected chi connectivity index (χ3v) is 9.99. The first-order valence-corrected chi connectivity index (χ1v) is 10.6. The average molecular weight is 254 g/mol. The lowest BCUT2D eigenvalue weighted by atomic mass is 9.93. The summed E-state index contributed by atoms with van der Waals surface area (Å²) in [4.78, 5) is 0. The molecule has 17 heavy (non-hydrogen) atoms. The highest BCUT2D eigenvalue weighted by Crippen LogP contribution is 2.41. The Hall–Kier alpha value is 0.177. The molecule has 1 saturated heterocycles. The molecule has 0 spiro atoms. The molecule has 1 aliphatic carbocycles. The Morgan fingerprint density at radius 1 is 0.882 bits per heavy atom. The van der Waals surface area contributed by atoms with E-state index in [0.29, 0.717) is 5.54 Å². The summed E-state index contributed by atoms with van der Waals surface area (Å²) in [6.07, 6.45) is 10.4. The summed E-state index contributed by atoms with van der Waals surface area (Å²) in [5.74, 6) is 0. The van der Waals surface area contributed by atoms with Crippen molar-refractivity contribution >= 4 is 8.24 Å². The quantitative estimate of drug-likeness (QED) is 0.640. The number of hydrogen-bond acceptors (Lipinski definition) is 1. The van der Waals surface area contributed by atoms with Crippen LogP contribution < -0.4 is 0 Å². The lowest BCUT2D eigenvalue weighted by molar-refractivity contribution is 0.144. The fourth-order valence-electron chi connectivity index (χ4n) is 4.52. The van der Waals surface area contributed by atoms with Gasteiger partial charge < -0.3 is 4.57 Å². The number of rotatable bonds is 2. The standard InChI is InChI=1S/C15H31NSi/c1-15(2,3)16(14-10-6-5-7-11-14)17(4)12-8-9-13-17/h14H,5-13H2,1-4H3. The van der Waals surface area contributed by atoms with Gasteiger partial charge in [-0.3, -0.25) is 0 Å². The first-order chi connectivity index (χ1) is 7.93. The first-order valence-electron chi connectivity index (χ1n) is 7.73. The summed E-state index contributed by atoms with van der Waals surface area (Å²) in [7, 11) is -1.11. The van der Waals surface area contributed by atoms with Gasteiger partial charge in [-0.1, -0.05) is 38.7 Å². The average Bonchev–Trinajstić information content (AvgIpc) is 2.65. The monoisotopic (exact) mass is 253 g/mol. The second-order valence-corrected chi connectivity index (χ2v) is 12.0. The number of hydrogen-bond donors (Lipinski definition) is 0. The molecule has 2 fully saturated rings. The Morgan fingerprint density at radius 2 is 1.41 bits per heavy atom. The molecule has 1 aliphatic heterocycles. The Kier molecular flexibility index (Phi) is 4.04. The van der Waals surface area contributed by atoms with Gasteiger partial charge in [0.15, 0.2) is 0 Å². The molecule has 2 rings (SSSR count). The fraction of sp³-hybridized carbons (Fsp3) is 1.00. The van der Waals surface area contributed by atoms with Crippen LogP contribution in [0.2, 0.25) is 18.6 Å². The molecule has 1 nitrogen and oxygen atoms in total. The molecule has 2 heteroatoms. The van der Waals surface area contributed by atoms with Crippen molar-refractivity contribution in [2.75, 3.05) is 0 Å². The zero-order valence-electron chi connectivity index (χ0n) is 12.4. The van der Waals surface area contributed by atoms with E-state index in [1.54, 1.807) is 12.1 Å². The number of nitrogens with zero attached hydrogens (tertiary/aromatic N) is 1. The van der Waals surface area contributed by atoms with Crippen LogP contribution in [-0.4, -0.2) is 24.4 Å². The van der Waals surface area contributed by atoms with Gasteiger partial charge in [-0.05, 0) is 45.7 Å². The zero-order chi connectivity index (χ0) is 12.5. The molecule has 0 N–H and O–H groups in total. The van der Waals surface area contributed by atoms with E-state index < -0.39 is 8.24 Å². The summed E-state index contributed by atoms with van der Waals surface area (Å²) in [5, 5.41) is 0. The third kappa shape index (κ3) is 2.95. The minimum Gasteiger partial charge on any atom is -0.316 e. The van der Waals surface area contributed by atoms with E-state index in [2.05, 4.69) is 31.9 Å². The molecule has 0 amide bonds. The molecule has 0 radical (unpaired) electrons. The third-order valence-electron chi connectivity index (χ3n) is 4.92. The molecule has 0 atom stereocenters. The van der Waals surface area contributed by atoms with Crippen LogP contribution in [-0.2, 0) is 0 Å². The van der Waals surface area contributed by atoms with Crippen molar-refractivity contribution in [3.05, 3.63) is 0 Å².